The molecule has 0 saturated carbocycles. The molecule has 116 valence electrons. The molecule has 2 rings (SSSR count). The minimum Gasteiger partial charge on any atom is -0.467 e. The van der Waals surface area contributed by atoms with Gasteiger partial charge in [-0.3, -0.25) is 0 Å². The minimum atomic E-state index is -0.223. The van der Waals surface area contributed by atoms with E-state index in [2.05, 4.69) is 50.8 Å². The lowest BCUT2D eigenvalue weighted by atomic mass is 9.78. The van der Waals surface area contributed by atoms with Crippen LogP contribution in [-0.4, -0.2) is 24.7 Å². The molecule has 1 aliphatic rings. The molecule has 0 aromatic heterocycles. The van der Waals surface area contributed by atoms with Crippen molar-refractivity contribution in [2.75, 3.05) is 12.0 Å². The Morgan fingerprint density at radius 2 is 2.14 bits per heavy atom. The van der Waals surface area contributed by atoms with E-state index in [9.17, 15) is 4.79 Å². The molecule has 21 heavy (non-hydrogen) atoms. The highest BCUT2D eigenvalue weighted by atomic mass is 16.5. The molecule has 2 atom stereocenters. The second-order valence-electron chi connectivity index (χ2n) is 6.80. The topological polar surface area (TPSA) is 29.5 Å². The predicted octanol–water partition coefficient (Wildman–Crippen LogP) is 4.04. The number of fused-ring (bicyclic) bond motifs is 1. The highest BCUT2D eigenvalue weighted by Gasteiger charge is 2.42. The van der Waals surface area contributed by atoms with Crippen LogP contribution in [-0.2, 0) is 9.53 Å². The molecule has 0 fully saturated rings. The number of carbonyl (C=O) groups is 1. The van der Waals surface area contributed by atoms with Crippen LogP contribution in [0, 0.1) is 6.92 Å². The summed E-state index contributed by atoms with van der Waals surface area (Å²) in [6, 6.07) is 6.32. The van der Waals surface area contributed by atoms with Crippen molar-refractivity contribution in [1.29, 1.82) is 0 Å². The number of ether oxygens (including phenoxy) is 1. The van der Waals surface area contributed by atoms with Gasteiger partial charge in [0.1, 0.15) is 6.04 Å². The number of carbonyl (C=O) groups excluding carboxylic acids is 1. The predicted molar refractivity (Wildman–Crippen MR) is 86.9 cm³/mol. The first-order valence-electron chi connectivity index (χ1n) is 7.79. The smallest absolute Gasteiger partial charge is 0.328 e. The van der Waals surface area contributed by atoms with Gasteiger partial charge in [-0.2, -0.15) is 0 Å². The summed E-state index contributed by atoms with van der Waals surface area (Å²) in [5.41, 5.74) is 3.74. The van der Waals surface area contributed by atoms with Gasteiger partial charge >= 0.3 is 5.97 Å². The zero-order valence-electron chi connectivity index (χ0n) is 14.1. The molecule has 3 heteroatoms. The van der Waals surface area contributed by atoms with Crippen molar-refractivity contribution in [3.05, 3.63) is 29.3 Å². The normalized spacial score (nSPS) is 21.6. The number of hydrogen-bond donors (Lipinski definition) is 0. The molecule has 1 aliphatic heterocycles. The van der Waals surface area contributed by atoms with Crippen molar-refractivity contribution >= 4 is 11.7 Å². The number of anilines is 1. The first kappa shape index (κ1) is 15.9. The summed E-state index contributed by atoms with van der Waals surface area (Å²) in [5, 5.41) is 0. The van der Waals surface area contributed by atoms with Crippen molar-refractivity contribution < 1.29 is 9.53 Å². The molecule has 1 aromatic rings. The molecule has 0 unspecified atom stereocenters. The quantitative estimate of drug-likeness (QED) is 0.787. The Morgan fingerprint density at radius 3 is 2.71 bits per heavy atom. The Bertz CT molecular complexity index is 536. The van der Waals surface area contributed by atoms with E-state index >= 15 is 0 Å². The van der Waals surface area contributed by atoms with Gasteiger partial charge in [0.05, 0.1) is 7.11 Å². The van der Waals surface area contributed by atoms with E-state index in [1.165, 1.54) is 23.9 Å². The molecule has 1 heterocycles. The third-order valence-corrected chi connectivity index (χ3v) is 4.60. The minimum absolute atomic E-state index is 0.0590. The number of benzene rings is 1. The maximum atomic E-state index is 12.2. The van der Waals surface area contributed by atoms with Crippen LogP contribution < -0.4 is 4.90 Å². The van der Waals surface area contributed by atoms with Crippen LogP contribution in [0.3, 0.4) is 0 Å². The largest absolute Gasteiger partial charge is 0.467 e. The van der Waals surface area contributed by atoms with Crippen LogP contribution >= 0.6 is 0 Å². The number of rotatable bonds is 3. The van der Waals surface area contributed by atoms with E-state index in [-0.39, 0.29) is 17.6 Å². The van der Waals surface area contributed by atoms with Gasteiger partial charge in [-0.15, -0.1) is 0 Å². The second-order valence-corrected chi connectivity index (χ2v) is 6.80. The third-order valence-electron chi connectivity index (χ3n) is 4.60. The van der Waals surface area contributed by atoms with E-state index in [4.69, 9.17) is 4.74 Å². The van der Waals surface area contributed by atoms with Crippen LogP contribution in [0.2, 0.25) is 0 Å². The highest BCUT2D eigenvalue weighted by Crippen LogP contribution is 2.45. The molecule has 0 N–H and O–H groups in total. The lowest BCUT2D eigenvalue weighted by Gasteiger charge is -2.50. The summed E-state index contributed by atoms with van der Waals surface area (Å²) < 4.78 is 5.03. The fraction of sp³-hybridized carbons (Fsp3) is 0.611. The Labute approximate surface area is 128 Å². The van der Waals surface area contributed by atoms with Gasteiger partial charge in [0, 0.05) is 11.2 Å². The molecule has 0 bridgehead atoms. The fourth-order valence-corrected chi connectivity index (χ4v) is 3.75. The monoisotopic (exact) mass is 289 g/mol. The van der Waals surface area contributed by atoms with Gasteiger partial charge in [0.15, 0.2) is 0 Å². The van der Waals surface area contributed by atoms with Crippen molar-refractivity contribution in [3.8, 4) is 0 Å². The summed E-state index contributed by atoms with van der Waals surface area (Å²) in [5.74, 6) is 0.355. The van der Waals surface area contributed by atoms with E-state index in [0.717, 1.165) is 12.8 Å². The molecule has 0 saturated heterocycles. The van der Waals surface area contributed by atoms with Crippen LogP contribution in [0.4, 0.5) is 5.69 Å². The first-order valence-corrected chi connectivity index (χ1v) is 7.79. The molecule has 0 aliphatic carbocycles. The van der Waals surface area contributed by atoms with E-state index in [1.807, 2.05) is 6.92 Å². The molecule has 1 aromatic carbocycles. The van der Waals surface area contributed by atoms with Crippen molar-refractivity contribution in [2.24, 2.45) is 0 Å². The zero-order valence-corrected chi connectivity index (χ0v) is 14.1. The molecule has 0 radical (unpaired) electrons. The number of nitrogens with zero attached hydrogens (tertiary/aromatic N) is 1. The van der Waals surface area contributed by atoms with Gasteiger partial charge in [-0.1, -0.05) is 31.5 Å². The molecule has 3 nitrogen and oxygen atoms in total. The Morgan fingerprint density at radius 1 is 1.48 bits per heavy atom. The number of hydrogen-bond acceptors (Lipinski definition) is 3. The van der Waals surface area contributed by atoms with Crippen LogP contribution in [0.1, 0.15) is 57.6 Å². The summed E-state index contributed by atoms with van der Waals surface area (Å²) in [4.78, 5) is 14.5. The van der Waals surface area contributed by atoms with Gasteiger partial charge in [0.2, 0.25) is 0 Å². The Balaban J connectivity index is 2.57. The average molecular weight is 289 g/mol. The molecule has 0 amide bonds. The highest BCUT2D eigenvalue weighted by molar-refractivity contribution is 5.81. The van der Waals surface area contributed by atoms with Crippen LogP contribution in [0.5, 0.6) is 0 Å². The maximum absolute atomic E-state index is 12.2. The van der Waals surface area contributed by atoms with Gasteiger partial charge in [0.25, 0.3) is 0 Å². The zero-order chi connectivity index (χ0) is 15.8. The van der Waals surface area contributed by atoms with E-state index in [1.54, 1.807) is 0 Å². The Hall–Kier alpha value is -1.51. The average Bonchev–Trinajstić information content (AvgIpc) is 2.42. The first-order chi connectivity index (χ1) is 9.81. The maximum Gasteiger partial charge on any atom is 0.328 e. The van der Waals surface area contributed by atoms with Crippen LogP contribution in [0.15, 0.2) is 18.2 Å². The summed E-state index contributed by atoms with van der Waals surface area (Å²) in [7, 11) is 1.47. The van der Waals surface area contributed by atoms with E-state index < -0.39 is 0 Å². The Kier molecular flexibility index (Phi) is 4.31. The van der Waals surface area contributed by atoms with Gasteiger partial charge in [-0.25, -0.2) is 4.79 Å². The van der Waals surface area contributed by atoms with Gasteiger partial charge in [-0.05, 0) is 51.2 Å². The van der Waals surface area contributed by atoms with Gasteiger partial charge < -0.3 is 9.64 Å². The van der Waals surface area contributed by atoms with E-state index in [0.29, 0.717) is 5.92 Å². The molecule has 0 spiro atoms. The molecular formula is C18H27NO2. The second kappa shape index (κ2) is 5.70. The number of aryl methyl sites for hydroxylation is 1. The number of methoxy groups -OCH3 is 1. The summed E-state index contributed by atoms with van der Waals surface area (Å²) in [6.07, 6.45) is 1.79. The number of esters is 1. The van der Waals surface area contributed by atoms with Crippen LogP contribution in [0.25, 0.3) is 0 Å². The lowest BCUT2D eigenvalue weighted by Crippen LogP contribution is -2.56. The third kappa shape index (κ3) is 2.78. The van der Waals surface area contributed by atoms with Crippen molar-refractivity contribution in [3.63, 3.8) is 0 Å². The fourth-order valence-electron chi connectivity index (χ4n) is 3.75. The SMILES string of the molecule is CC[C@@H](C(=O)OC)N1c2ccc(C)cc2[C@@H](C)CC1(C)C. The summed E-state index contributed by atoms with van der Waals surface area (Å²) in [6.45, 7) is 10.9. The van der Waals surface area contributed by atoms with Crippen molar-refractivity contribution in [1.82, 2.24) is 0 Å². The summed E-state index contributed by atoms with van der Waals surface area (Å²) >= 11 is 0. The lowest BCUT2D eigenvalue weighted by molar-refractivity contribution is -0.142. The van der Waals surface area contributed by atoms with Crippen molar-refractivity contribution in [2.45, 2.75) is 65.0 Å². The standard InChI is InChI=1S/C18H27NO2/c1-7-15(17(20)21-6)19-16-9-8-12(2)10-14(16)13(3)11-18(19,4)5/h8-10,13,15H,7,11H2,1-6H3/t13-,15-/m0/s1. The molecular weight excluding hydrogens is 262 g/mol.